The fourth-order valence-corrected chi connectivity index (χ4v) is 2.66. The highest BCUT2D eigenvalue weighted by Gasteiger charge is 2.34. The van der Waals surface area contributed by atoms with Crippen LogP contribution in [-0.2, 0) is 0 Å². The van der Waals surface area contributed by atoms with E-state index in [9.17, 15) is 18.0 Å². The number of carbonyl (C=O) groups excluding carboxylic acids is 1. The third kappa shape index (κ3) is 5.31. The maximum Gasteiger partial charge on any atom is 0.401 e. The molecular weight excluding hydrogens is 311 g/mol. The molecule has 0 saturated carbocycles. The number of urea groups is 1. The van der Waals surface area contributed by atoms with Gasteiger partial charge in [0.25, 0.3) is 0 Å². The molecule has 0 radical (unpaired) electrons. The largest absolute Gasteiger partial charge is 0.496 e. The number of anilines is 1. The quantitative estimate of drug-likeness (QED) is 0.892. The Morgan fingerprint density at radius 3 is 2.78 bits per heavy atom. The van der Waals surface area contributed by atoms with Crippen molar-refractivity contribution in [3.63, 3.8) is 0 Å². The summed E-state index contributed by atoms with van der Waals surface area (Å²) in [6, 6.07) is 4.51. The van der Waals surface area contributed by atoms with Crippen molar-refractivity contribution in [2.24, 2.45) is 0 Å². The van der Waals surface area contributed by atoms with Crippen LogP contribution in [0.1, 0.15) is 12.0 Å². The zero-order chi connectivity index (χ0) is 17.0. The lowest BCUT2D eigenvalue weighted by atomic mass is 10.2. The second kappa shape index (κ2) is 7.08. The van der Waals surface area contributed by atoms with E-state index in [1.165, 1.54) is 4.90 Å². The van der Waals surface area contributed by atoms with Crippen molar-refractivity contribution in [1.29, 1.82) is 0 Å². The number of rotatable bonds is 4. The number of alkyl halides is 3. The highest BCUT2D eigenvalue weighted by molar-refractivity contribution is 5.89. The Morgan fingerprint density at radius 1 is 1.43 bits per heavy atom. The average Bonchev–Trinajstić information content (AvgIpc) is 2.83. The lowest BCUT2D eigenvalue weighted by molar-refractivity contribution is -0.143. The van der Waals surface area contributed by atoms with Crippen LogP contribution < -0.4 is 15.4 Å². The van der Waals surface area contributed by atoms with Crippen molar-refractivity contribution >= 4 is 11.7 Å². The summed E-state index contributed by atoms with van der Waals surface area (Å²) in [5, 5.41) is 5.38. The Balaban J connectivity index is 1.83. The fraction of sp³-hybridized carbons (Fsp3) is 0.533. The molecule has 1 atom stereocenters. The van der Waals surface area contributed by atoms with Gasteiger partial charge in [0.05, 0.1) is 13.7 Å². The summed E-state index contributed by atoms with van der Waals surface area (Å²) < 4.78 is 42.1. The highest BCUT2D eigenvalue weighted by atomic mass is 19.4. The van der Waals surface area contributed by atoms with Gasteiger partial charge in [0.15, 0.2) is 0 Å². The summed E-state index contributed by atoms with van der Waals surface area (Å²) in [5.41, 5.74) is 1.48. The number of ether oxygens (including phenoxy) is 1. The molecule has 2 amide bonds. The first-order chi connectivity index (χ1) is 10.8. The Bertz CT molecular complexity index is 563. The minimum atomic E-state index is -4.21. The summed E-state index contributed by atoms with van der Waals surface area (Å²) in [4.78, 5) is 13.2. The van der Waals surface area contributed by atoms with Crippen LogP contribution in [0, 0.1) is 6.92 Å². The molecule has 1 fully saturated rings. The number of methoxy groups -OCH3 is 1. The standard InChI is InChI=1S/C15H20F3N3O2/c1-10-7-11(3-4-13(10)23-2)19-14(22)20-12-5-6-21(8-12)9-15(16,17)18/h3-4,7,12H,5-6,8-9H2,1-2H3,(H2,19,20,22). The van der Waals surface area contributed by atoms with Crippen molar-refractivity contribution in [2.75, 3.05) is 32.1 Å². The monoisotopic (exact) mass is 331 g/mol. The first kappa shape index (κ1) is 17.4. The number of hydrogen-bond acceptors (Lipinski definition) is 3. The van der Waals surface area contributed by atoms with Crippen LogP contribution in [-0.4, -0.2) is 49.9 Å². The van der Waals surface area contributed by atoms with E-state index in [0.717, 1.165) is 11.3 Å². The summed E-state index contributed by atoms with van der Waals surface area (Å²) >= 11 is 0. The van der Waals surface area contributed by atoms with E-state index in [0.29, 0.717) is 18.7 Å². The number of carbonyl (C=O) groups is 1. The van der Waals surface area contributed by atoms with E-state index >= 15 is 0 Å². The number of amides is 2. The summed E-state index contributed by atoms with van der Waals surface area (Å²) in [7, 11) is 1.56. The van der Waals surface area contributed by atoms with Crippen LogP contribution >= 0.6 is 0 Å². The third-order valence-electron chi connectivity index (χ3n) is 3.66. The fourth-order valence-electron chi connectivity index (χ4n) is 2.66. The number of nitrogens with one attached hydrogen (secondary N) is 2. The van der Waals surface area contributed by atoms with Gasteiger partial charge in [0.2, 0.25) is 0 Å². The molecule has 128 valence electrons. The first-order valence-corrected chi connectivity index (χ1v) is 7.28. The molecule has 5 nitrogen and oxygen atoms in total. The second-order valence-corrected chi connectivity index (χ2v) is 5.62. The Hall–Kier alpha value is -1.96. The molecule has 0 aliphatic carbocycles. The van der Waals surface area contributed by atoms with Gasteiger partial charge in [0.1, 0.15) is 5.75 Å². The maximum atomic E-state index is 12.3. The van der Waals surface area contributed by atoms with Crippen molar-refractivity contribution in [2.45, 2.75) is 25.6 Å². The number of benzene rings is 1. The minimum absolute atomic E-state index is 0.203. The predicted octanol–water partition coefficient (Wildman–Crippen LogP) is 2.76. The van der Waals surface area contributed by atoms with Crippen LogP contribution in [0.5, 0.6) is 5.75 Å². The molecule has 8 heteroatoms. The molecule has 0 bridgehead atoms. The molecular formula is C15H20F3N3O2. The molecule has 0 spiro atoms. The molecule has 2 rings (SSSR count). The SMILES string of the molecule is COc1ccc(NC(=O)NC2CCN(CC(F)(F)F)C2)cc1C. The van der Waals surface area contributed by atoms with Crippen molar-refractivity contribution < 1.29 is 22.7 Å². The normalized spacial score (nSPS) is 18.7. The molecule has 1 saturated heterocycles. The molecule has 23 heavy (non-hydrogen) atoms. The van der Waals surface area contributed by atoms with Gasteiger partial charge in [-0.3, -0.25) is 4.90 Å². The molecule has 2 N–H and O–H groups in total. The minimum Gasteiger partial charge on any atom is -0.496 e. The van der Waals surface area contributed by atoms with Gasteiger partial charge in [0, 0.05) is 24.8 Å². The Kier molecular flexibility index (Phi) is 5.35. The average molecular weight is 331 g/mol. The van der Waals surface area contributed by atoms with Gasteiger partial charge >= 0.3 is 12.2 Å². The molecule has 0 aromatic heterocycles. The molecule has 1 aliphatic heterocycles. The lowest BCUT2D eigenvalue weighted by Crippen LogP contribution is -2.41. The number of aryl methyl sites for hydroxylation is 1. The Morgan fingerprint density at radius 2 is 2.17 bits per heavy atom. The van der Waals surface area contributed by atoms with Crippen LogP contribution in [0.15, 0.2) is 18.2 Å². The van der Waals surface area contributed by atoms with Gasteiger partial charge in [-0.05, 0) is 37.1 Å². The third-order valence-corrected chi connectivity index (χ3v) is 3.66. The van der Waals surface area contributed by atoms with Crippen molar-refractivity contribution in [3.05, 3.63) is 23.8 Å². The van der Waals surface area contributed by atoms with Crippen molar-refractivity contribution in [1.82, 2.24) is 10.2 Å². The topological polar surface area (TPSA) is 53.6 Å². The van der Waals surface area contributed by atoms with Gasteiger partial charge in [-0.25, -0.2) is 4.79 Å². The van der Waals surface area contributed by atoms with Crippen LogP contribution in [0.3, 0.4) is 0 Å². The van der Waals surface area contributed by atoms with E-state index in [2.05, 4.69) is 10.6 Å². The van der Waals surface area contributed by atoms with Crippen LogP contribution in [0.4, 0.5) is 23.7 Å². The molecule has 1 heterocycles. The zero-order valence-electron chi connectivity index (χ0n) is 13.0. The number of likely N-dealkylation sites (tertiary alicyclic amines) is 1. The maximum absolute atomic E-state index is 12.3. The van der Waals surface area contributed by atoms with Gasteiger partial charge < -0.3 is 15.4 Å². The van der Waals surface area contributed by atoms with Crippen LogP contribution in [0.25, 0.3) is 0 Å². The Labute approximate surface area is 132 Å². The lowest BCUT2D eigenvalue weighted by Gasteiger charge is -2.18. The van der Waals surface area contributed by atoms with Crippen LogP contribution in [0.2, 0.25) is 0 Å². The van der Waals surface area contributed by atoms with E-state index < -0.39 is 18.8 Å². The molecule has 1 aromatic carbocycles. The number of hydrogen-bond donors (Lipinski definition) is 2. The molecule has 1 unspecified atom stereocenters. The highest BCUT2D eigenvalue weighted by Crippen LogP contribution is 2.22. The first-order valence-electron chi connectivity index (χ1n) is 7.28. The number of nitrogens with zero attached hydrogens (tertiary/aromatic N) is 1. The van der Waals surface area contributed by atoms with Crippen molar-refractivity contribution in [3.8, 4) is 5.75 Å². The van der Waals surface area contributed by atoms with Gasteiger partial charge in [-0.15, -0.1) is 0 Å². The molecule has 1 aliphatic rings. The smallest absolute Gasteiger partial charge is 0.401 e. The summed E-state index contributed by atoms with van der Waals surface area (Å²) in [5.74, 6) is 0.717. The van der Waals surface area contributed by atoms with E-state index in [1.807, 2.05) is 6.92 Å². The van der Waals surface area contributed by atoms with Gasteiger partial charge in [-0.2, -0.15) is 13.2 Å². The second-order valence-electron chi connectivity index (χ2n) is 5.62. The van der Waals surface area contributed by atoms with E-state index in [4.69, 9.17) is 4.74 Å². The predicted molar refractivity (Wildman–Crippen MR) is 80.8 cm³/mol. The summed E-state index contributed by atoms with van der Waals surface area (Å²) in [6.45, 7) is 1.44. The van der Waals surface area contributed by atoms with E-state index in [1.54, 1.807) is 25.3 Å². The van der Waals surface area contributed by atoms with Gasteiger partial charge in [-0.1, -0.05) is 0 Å². The molecule has 1 aromatic rings. The number of halogens is 3. The van der Waals surface area contributed by atoms with E-state index in [-0.39, 0.29) is 12.6 Å². The zero-order valence-corrected chi connectivity index (χ0v) is 13.0. The summed E-state index contributed by atoms with van der Waals surface area (Å²) in [6.07, 6.45) is -3.71.